The van der Waals surface area contributed by atoms with Gasteiger partial charge in [-0.25, -0.2) is 0 Å². The summed E-state index contributed by atoms with van der Waals surface area (Å²) in [6.07, 6.45) is 0. The molecule has 0 aliphatic rings. The van der Waals surface area contributed by atoms with Crippen molar-refractivity contribution in [1.82, 2.24) is 14.8 Å². The Kier molecular flexibility index (Phi) is 7.41. The summed E-state index contributed by atoms with van der Waals surface area (Å²) < 4.78 is 7.28. The fourth-order valence-electron chi connectivity index (χ4n) is 3.33. The zero-order valence-corrected chi connectivity index (χ0v) is 19.9. The van der Waals surface area contributed by atoms with Crippen LogP contribution in [-0.2, 0) is 4.79 Å². The summed E-state index contributed by atoms with van der Waals surface area (Å²) in [5, 5.41) is 22.7. The average molecular weight is 490 g/mol. The van der Waals surface area contributed by atoms with Gasteiger partial charge in [-0.05, 0) is 62.4 Å². The zero-order valence-electron chi connectivity index (χ0n) is 19.1. The summed E-state index contributed by atoms with van der Waals surface area (Å²) in [5.41, 5.74) is 2.15. The highest BCUT2D eigenvalue weighted by molar-refractivity contribution is 8.00. The van der Waals surface area contributed by atoms with Gasteiger partial charge in [-0.3, -0.25) is 19.5 Å². The molecule has 1 atom stereocenters. The number of nitrogens with zero attached hydrogens (tertiary/aromatic N) is 4. The number of aromatic nitrogens is 3. The van der Waals surface area contributed by atoms with Crippen molar-refractivity contribution >= 4 is 29.0 Å². The molecule has 1 N–H and O–H groups in total. The van der Waals surface area contributed by atoms with Crippen LogP contribution >= 0.6 is 11.8 Å². The van der Waals surface area contributed by atoms with Gasteiger partial charge in [0, 0.05) is 29.1 Å². The fourth-order valence-corrected chi connectivity index (χ4v) is 4.20. The van der Waals surface area contributed by atoms with Crippen LogP contribution in [0.15, 0.2) is 84.0 Å². The molecule has 4 rings (SSSR count). The number of rotatable bonds is 9. The number of para-hydroxylation sites is 1. The second-order valence-electron chi connectivity index (χ2n) is 7.49. The van der Waals surface area contributed by atoms with E-state index in [-0.39, 0.29) is 11.6 Å². The highest BCUT2D eigenvalue weighted by Crippen LogP contribution is 2.31. The van der Waals surface area contributed by atoms with Crippen molar-refractivity contribution in [3.8, 4) is 22.8 Å². The number of amides is 1. The standard InChI is InChI=1S/C25H23N5O4S/c1-3-34-22-15-11-19(12-16-22)26-24(31)17(2)35-25-28-27-23(29(25)20-7-5-4-6-8-20)18-9-13-21(14-10-18)30(32)33/h4-17H,3H2,1-2H3,(H,26,31). The lowest BCUT2D eigenvalue weighted by atomic mass is 10.2. The molecule has 10 heteroatoms. The highest BCUT2D eigenvalue weighted by atomic mass is 32.2. The second-order valence-corrected chi connectivity index (χ2v) is 8.80. The molecule has 1 heterocycles. The first-order valence-corrected chi connectivity index (χ1v) is 11.8. The number of nitro benzene ring substituents is 1. The Morgan fingerprint density at radius 3 is 2.37 bits per heavy atom. The summed E-state index contributed by atoms with van der Waals surface area (Å²) in [7, 11) is 0. The molecule has 1 amide bonds. The number of carbonyl (C=O) groups excluding carboxylic acids is 1. The van der Waals surface area contributed by atoms with Gasteiger partial charge in [-0.1, -0.05) is 30.0 Å². The lowest BCUT2D eigenvalue weighted by Gasteiger charge is -2.14. The maximum absolute atomic E-state index is 12.9. The van der Waals surface area contributed by atoms with Crippen LogP contribution < -0.4 is 10.1 Å². The normalized spacial score (nSPS) is 11.6. The van der Waals surface area contributed by atoms with E-state index < -0.39 is 10.2 Å². The van der Waals surface area contributed by atoms with Crippen LogP contribution in [0, 0.1) is 10.1 Å². The molecule has 9 nitrogen and oxygen atoms in total. The first kappa shape index (κ1) is 24.0. The Bertz CT molecular complexity index is 1310. The summed E-state index contributed by atoms with van der Waals surface area (Å²) in [5.74, 6) is 1.08. The van der Waals surface area contributed by atoms with Crippen molar-refractivity contribution in [1.29, 1.82) is 0 Å². The van der Waals surface area contributed by atoms with E-state index in [2.05, 4.69) is 15.5 Å². The predicted molar refractivity (Wildman–Crippen MR) is 135 cm³/mol. The van der Waals surface area contributed by atoms with Gasteiger partial charge in [0.05, 0.1) is 16.8 Å². The maximum atomic E-state index is 12.9. The number of anilines is 1. The van der Waals surface area contributed by atoms with E-state index in [9.17, 15) is 14.9 Å². The van der Waals surface area contributed by atoms with E-state index in [0.717, 1.165) is 11.4 Å². The largest absolute Gasteiger partial charge is 0.494 e. The van der Waals surface area contributed by atoms with Crippen LogP contribution in [0.1, 0.15) is 13.8 Å². The van der Waals surface area contributed by atoms with E-state index in [0.29, 0.717) is 28.8 Å². The Labute approximate surface area is 206 Å². The van der Waals surface area contributed by atoms with Gasteiger partial charge >= 0.3 is 0 Å². The lowest BCUT2D eigenvalue weighted by Crippen LogP contribution is -2.22. The van der Waals surface area contributed by atoms with Crippen molar-refractivity contribution < 1.29 is 14.5 Å². The lowest BCUT2D eigenvalue weighted by molar-refractivity contribution is -0.384. The molecular weight excluding hydrogens is 466 g/mol. The summed E-state index contributed by atoms with van der Waals surface area (Å²) >= 11 is 1.27. The molecule has 1 unspecified atom stereocenters. The summed E-state index contributed by atoms with van der Waals surface area (Å²) in [6.45, 7) is 4.28. The number of ether oxygens (including phenoxy) is 1. The third kappa shape index (κ3) is 5.67. The molecule has 0 fully saturated rings. The van der Waals surface area contributed by atoms with Gasteiger partial charge in [0.15, 0.2) is 11.0 Å². The van der Waals surface area contributed by atoms with Crippen LogP contribution in [0.4, 0.5) is 11.4 Å². The number of non-ortho nitro benzene ring substituents is 1. The quantitative estimate of drug-likeness (QED) is 0.191. The van der Waals surface area contributed by atoms with E-state index >= 15 is 0 Å². The van der Waals surface area contributed by atoms with Gasteiger partial charge < -0.3 is 10.1 Å². The third-order valence-corrected chi connectivity index (χ3v) is 6.11. The van der Waals surface area contributed by atoms with Crippen LogP contribution in [0.5, 0.6) is 5.75 Å². The van der Waals surface area contributed by atoms with Gasteiger partial charge in [0.1, 0.15) is 5.75 Å². The number of carbonyl (C=O) groups is 1. The fraction of sp³-hybridized carbons (Fsp3) is 0.160. The molecule has 0 bridgehead atoms. The molecule has 35 heavy (non-hydrogen) atoms. The number of nitro groups is 1. The van der Waals surface area contributed by atoms with Crippen molar-refractivity contribution in [2.45, 2.75) is 24.3 Å². The Morgan fingerprint density at radius 2 is 1.74 bits per heavy atom. The minimum absolute atomic E-state index is 0.00583. The zero-order chi connectivity index (χ0) is 24.8. The topological polar surface area (TPSA) is 112 Å². The van der Waals surface area contributed by atoms with Gasteiger partial charge in [-0.2, -0.15) is 0 Å². The Balaban J connectivity index is 1.58. The molecule has 0 aliphatic carbocycles. The van der Waals surface area contributed by atoms with E-state index in [1.54, 1.807) is 43.3 Å². The van der Waals surface area contributed by atoms with Crippen LogP contribution in [0.3, 0.4) is 0 Å². The van der Waals surface area contributed by atoms with Crippen LogP contribution in [0.2, 0.25) is 0 Å². The van der Waals surface area contributed by atoms with Gasteiger partial charge in [0.25, 0.3) is 5.69 Å². The van der Waals surface area contributed by atoms with Gasteiger partial charge in [-0.15, -0.1) is 10.2 Å². The monoisotopic (exact) mass is 489 g/mol. The SMILES string of the molecule is CCOc1ccc(NC(=O)C(C)Sc2nnc(-c3ccc([N+](=O)[O-])cc3)n2-c2ccccc2)cc1. The summed E-state index contributed by atoms with van der Waals surface area (Å²) in [4.78, 5) is 23.5. The minimum atomic E-state index is -0.474. The molecule has 0 saturated heterocycles. The van der Waals surface area contributed by atoms with E-state index in [1.807, 2.05) is 41.8 Å². The highest BCUT2D eigenvalue weighted by Gasteiger charge is 2.22. The molecule has 3 aromatic carbocycles. The molecular formula is C25H23N5O4S. The van der Waals surface area contributed by atoms with E-state index in [4.69, 9.17) is 4.74 Å². The predicted octanol–water partition coefficient (Wildman–Crippen LogP) is 5.36. The number of thioether (sulfide) groups is 1. The molecule has 0 aliphatic heterocycles. The maximum Gasteiger partial charge on any atom is 0.269 e. The average Bonchev–Trinajstić information content (AvgIpc) is 3.29. The Morgan fingerprint density at radius 1 is 1.06 bits per heavy atom. The van der Waals surface area contributed by atoms with Crippen molar-refractivity contribution in [2.75, 3.05) is 11.9 Å². The van der Waals surface area contributed by atoms with Gasteiger partial charge in [0.2, 0.25) is 5.91 Å². The first-order chi connectivity index (χ1) is 17.0. The molecule has 1 aromatic heterocycles. The van der Waals surface area contributed by atoms with Crippen molar-refractivity contribution in [3.05, 3.63) is 89.0 Å². The van der Waals surface area contributed by atoms with Crippen molar-refractivity contribution in [3.63, 3.8) is 0 Å². The number of benzene rings is 3. The molecule has 0 saturated carbocycles. The smallest absolute Gasteiger partial charge is 0.269 e. The third-order valence-electron chi connectivity index (χ3n) is 5.07. The van der Waals surface area contributed by atoms with Crippen molar-refractivity contribution in [2.24, 2.45) is 0 Å². The molecule has 0 radical (unpaired) electrons. The van der Waals surface area contributed by atoms with Crippen LogP contribution in [0.25, 0.3) is 17.1 Å². The van der Waals surface area contributed by atoms with E-state index in [1.165, 1.54) is 23.9 Å². The molecule has 178 valence electrons. The minimum Gasteiger partial charge on any atom is -0.494 e. The van der Waals surface area contributed by atoms with Crippen LogP contribution in [-0.4, -0.2) is 37.5 Å². The number of nitrogens with one attached hydrogen (secondary N) is 1. The Hall–Kier alpha value is -4.18. The molecule has 4 aromatic rings. The molecule has 0 spiro atoms. The summed E-state index contributed by atoms with van der Waals surface area (Å²) in [6, 6.07) is 22.8. The number of hydrogen-bond donors (Lipinski definition) is 1. The first-order valence-electron chi connectivity index (χ1n) is 10.9. The second kappa shape index (κ2) is 10.8. The number of hydrogen-bond acceptors (Lipinski definition) is 7.